The molecule has 0 bridgehead atoms. The molecule has 2 aromatic carbocycles. The number of carbonyl (C=O) groups is 1. The molecular formula is C18H11F2N5O. The average Bonchev–Trinajstić information content (AvgIpc) is 2.66. The lowest BCUT2D eigenvalue weighted by atomic mass is 10.2. The summed E-state index contributed by atoms with van der Waals surface area (Å²) in [5.74, 6) is -2.24. The molecule has 8 heteroatoms. The van der Waals surface area contributed by atoms with Crippen molar-refractivity contribution in [3.63, 3.8) is 0 Å². The van der Waals surface area contributed by atoms with Crippen LogP contribution >= 0.6 is 0 Å². The summed E-state index contributed by atoms with van der Waals surface area (Å²) in [6.45, 7) is 0. The first-order valence-electron chi connectivity index (χ1n) is 7.41. The Morgan fingerprint density at radius 1 is 0.962 bits per heavy atom. The van der Waals surface area contributed by atoms with E-state index in [9.17, 15) is 13.6 Å². The third-order valence-corrected chi connectivity index (χ3v) is 3.36. The Labute approximate surface area is 147 Å². The van der Waals surface area contributed by atoms with Crippen LogP contribution in [0.1, 0.15) is 15.9 Å². The van der Waals surface area contributed by atoms with Crippen molar-refractivity contribution < 1.29 is 13.6 Å². The lowest BCUT2D eigenvalue weighted by Gasteiger charge is -2.07. The maximum atomic E-state index is 13.2. The van der Waals surface area contributed by atoms with Gasteiger partial charge in [-0.1, -0.05) is 0 Å². The SMILES string of the molecule is N#Cc1ccc(NC(=O)c2cnc(Nc3ccc(F)c(F)c3)nc2)cc1. The van der Waals surface area contributed by atoms with Crippen LogP contribution in [-0.2, 0) is 0 Å². The fraction of sp³-hybridized carbons (Fsp3) is 0. The molecule has 0 radical (unpaired) electrons. The summed E-state index contributed by atoms with van der Waals surface area (Å²) in [6, 6.07) is 11.7. The van der Waals surface area contributed by atoms with Crippen LogP contribution in [0.25, 0.3) is 0 Å². The predicted octanol–water partition coefficient (Wildman–Crippen LogP) is 3.62. The first kappa shape index (κ1) is 17.0. The molecule has 0 aliphatic rings. The highest BCUT2D eigenvalue weighted by Gasteiger charge is 2.09. The second-order valence-electron chi connectivity index (χ2n) is 5.19. The van der Waals surface area contributed by atoms with Crippen molar-refractivity contribution in [2.75, 3.05) is 10.6 Å². The minimum Gasteiger partial charge on any atom is -0.324 e. The van der Waals surface area contributed by atoms with Gasteiger partial charge < -0.3 is 10.6 Å². The molecule has 128 valence electrons. The number of rotatable bonds is 4. The number of nitriles is 1. The maximum Gasteiger partial charge on any atom is 0.258 e. The fourth-order valence-electron chi connectivity index (χ4n) is 2.04. The second-order valence-corrected chi connectivity index (χ2v) is 5.19. The molecule has 0 aliphatic heterocycles. The highest BCUT2D eigenvalue weighted by molar-refractivity contribution is 6.03. The van der Waals surface area contributed by atoms with Gasteiger partial charge in [0, 0.05) is 29.8 Å². The topological polar surface area (TPSA) is 90.7 Å². The summed E-state index contributed by atoms with van der Waals surface area (Å²) < 4.78 is 26.1. The van der Waals surface area contributed by atoms with Crippen LogP contribution < -0.4 is 10.6 Å². The van der Waals surface area contributed by atoms with Crippen LogP contribution in [-0.4, -0.2) is 15.9 Å². The van der Waals surface area contributed by atoms with Crippen molar-refractivity contribution in [2.45, 2.75) is 0 Å². The molecule has 26 heavy (non-hydrogen) atoms. The smallest absolute Gasteiger partial charge is 0.258 e. The molecule has 0 fully saturated rings. The molecule has 1 heterocycles. The highest BCUT2D eigenvalue weighted by atomic mass is 19.2. The lowest BCUT2D eigenvalue weighted by Crippen LogP contribution is -2.13. The van der Waals surface area contributed by atoms with Gasteiger partial charge in [-0.05, 0) is 36.4 Å². The second kappa shape index (κ2) is 7.36. The van der Waals surface area contributed by atoms with Gasteiger partial charge in [-0.15, -0.1) is 0 Å². The molecule has 0 unspecified atom stereocenters. The number of nitrogens with one attached hydrogen (secondary N) is 2. The van der Waals surface area contributed by atoms with Gasteiger partial charge in [-0.25, -0.2) is 18.7 Å². The third-order valence-electron chi connectivity index (χ3n) is 3.36. The van der Waals surface area contributed by atoms with Gasteiger partial charge in [0.2, 0.25) is 5.95 Å². The van der Waals surface area contributed by atoms with E-state index in [1.165, 1.54) is 18.5 Å². The van der Waals surface area contributed by atoms with E-state index in [1.54, 1.807) is 24.3 Å². The molecule has 0 spiro atoms. The Hall–Kier alpha value is -3.86. The van der Waals surface area contributed by atoms with Crippen molar-refractivity contribution >= 4 is 23.2 Å². The predicted molar refractivity (Wildman–Crippen MR) is 90.8 cm³/mol. The summed E-state index contributed by atoms with van der Waals surface area (Å²) in [6.07, 6.45) is 2.60. The van der Waals surface area contributed by atoms with E-state index in [0.29, 0.717) is 11.3 Å². The summed E-state index contributed by atoms with van der Waals surface area (Å²) in [5, 5.41) is 14.1. The Bertz CT molecular complexity index is 982. The molecule has 1 aromatic heterocycles. The van der Waals surface area contributed by atoms with Crippen molar-refractivity contribution in [3.8, 4) is 6.07 Å². The summed E-state index contributed by atoms with van der Waals surface area (Å²) in [5.41, 5.74) is 1.50. The zero-order chi connectivity index (χ0) is 18.5. The van der Waals surface area contributed by atoms with Crippen molar-refractivity contribution in [1.29, 1.82) is 5.26 Å². The van der Waals surface area contributed by atoms with Crippen LogP contribution in [0.2, 0.25) is 0 Å². The number of amides is 1. The Morgan fingerprint density at radius 2 is 1.62 bits per heavy atom. The van der Waals surface area contributed by atoms with Crippen LogP contribution in [0.3, 0.4) is 0 Å². The van der Waals surface area contributed by atoms with Gasteiger partial charge in [0.05, 0.1) is 17.2 Å². The first-order chi connectivity index (χ1) is 12.5. The third kappa shape index (κ3) is 3.96. The fourth-order valence-corrected chi connectivity index (χ4v) is 2.04. The minimum atomic E-state index is -0.992. The molecule has 0 saturated heterocycles. The van der Waals surface area contributed by atoms with Gasteiger partial charge in [0.25, 0.3) is 5.91 Å². The van der Waals surface area contributed by atoms with Crippen molar-refractivity contribution in [2.24, 2.45) is 0 Å². The number of benzene rings is 2. The average molecular weight is 351 g/mol. The number of anilines is 3. The van der Waals surface area contributed by atoms with E-state index in [0.717, 1.165) is 12.1 Å². The van der Waals surface area contributed by atoms with Gasteiger partial charge in [0.15, 0.2) is 11.6 Å². The van der Waals surface area contributed by atoms with Crippen molar-refractivity contribution in [1.82, 2.24) is 9.97 Å². The van der Waals surface area contributed by atoms with E-state index in [1.807, 2.05) is 6.07 Å². The van der Waals surface area contributed by atoms with Crippen molar-refractivity contribution in [3.05, 3.63) is 77.6 Å². The molecule has 0 atom stereocenters. The Morgan fingerprint density at radius 3 is 2.23 bits per heavy atom. The van der Waals surface area contributed by atoms with Crippen LogP contribution in [0.5, 0.6) is 0 Å². The molecule has 0 saturated carbocycles. The van der Waals surface area contributed by atoms with E-state index >= 15 is 0 Å². The lowest BCUT2D eigenvalue weighted by molar-refractivity contribution is 0.102. The summed E-state index contributed by atoms with van der Waals surface area (Å²) >= 11 is 0. The summed E-state index contributed by atoms with van der Waals surface area (Å²) in [7, 11) is 0. The largest absolute Gasteiger partial charge is 0.324 e. The molecule has 3 rings (SSSR count). The molecule has 0 aliphatic carbocycles. The minimum absolute atomic E-state index is 0.130. The molecule has 6 nitrogen and oxygen atoms in total. The summed E-state index contributed by atoms with van der Waals surface area (Å²) in [4.78, 5) is 20.1. The molecule has 1 amide bonds. The number of hydrogen-bond acceptors (Lipinski definition) is 5. The van der Waals surface area contributed by atoms with Crippen LogP contribution in [0, 0.1) is 23.0 Å². The Balaban J connectivity index is 1.67. The first-order valence-corrected chi connectivity index (χ1v) is 7.41. The highest BCUT2D eigenvalue weighted by Crippen LogP contribution is 2.16. The van der Waals surface area contributed by atoms with Crippen LogP contribution in [0.15, 0.2) is 54.9 Å². The normalized spacial score (nSPS) is 10.0. The number of halogens is 2. The monoisotopic (exact) mass is 351 g/mol. The molecular weight excluding hydrogens is 340 g/mol. The van der Waals surface area contributed by atoms with Crippen LogP contribution in [0.4, 0.5) is 26.1 Å². The number of aromatic nitrogens is 2. The van der Waals surface area contributed by atoms with Gasteiger partial charge in [-0.2, -0.15) is 5.26 Å². The molecule has 3 aromatic rings. The zero-order valence-corrected chi connectivity index (χ0v) is 13.2. The molecule has 2 N–H and O–H groups in total. The zero-order valence-electron chi connectivity index (χ0n) is 13.2. The van der Waals surface area contributed by atoms with E-state index in [4.69, 9.17) is 5.26 Å². The van der Waals surface area contributed by atoms with Gasteiger partial charge >= 0.3 is 0 Å². The van der Waals surface area contributed by atoms with E-state index in [-0.39, 0.29) is 17.2 Å². The van der Waals surface area contributed by atoms with Gasteiger partial charge in [-0.3, -0.25) is 4.79 Å². The number of nitrogens with zero attached hydrogens (tertiary/aromatic N) is 3. The number of carbonyl (C=O) groups excluding carboxylic acids is 1. The maximum absolute atomic E-state index is 13.2. The Kier molecular flexibility index (Phi) is 4.80. The standard InChI is InChI=1S/C18H11F2N5O/c19-15-6-5-14(7-16(15)20)25-18-22-9-12(10-23-18)17(26)24-13-3-1-11(8-21)2-4-13/h1-7,9-10H,(H,24,26)(H,22,23,25). The van der Waals surface area contributed by atoms with E-state index < -0.39 is 17.5 Å². The number of hydrogen-bond donors (Lipinski definition) is 2. The van der Waals surface area contributed by atoms with Gasteiger partial charge in [0.1, 0.15) is 0 Å². The quantitative estimate of drug-likeness (QED) is 0.749. The van der Waals surface area contributed by atoms with E-state index in [2.05, 4.69) is 20.6 Å².